The third kappa shape index (κ3) is 3.40. The SMILES string of the molecule is COC(=O)CC1C2(C)C(=O)C(O)(CC3=C2CCC2(C)C3=CC(=O)OC2c2ccoc2)C(OC(C)=O)C1(C)C. The van der Waals surface area contributed by atoms with Gasteiger partial charge in [-0.25, -0.2) is 4.79 Å². The molecular formula is C29H34O9. The number of esters is 3. The molecule has 4 aliphatic rings. The van der Waals surface area contributed by atoms with E-state index in [1.54, 1.807) is 19.3 Å². The van der Waals surface area contributed by atoms with Crippen LogP contribution in [-0.2, 0) is 33.4 Å². The number of aliphatic hydroxyl groups is 1. The normalized spacial score (nSPS) is 37.4. The van der Waals surface area contributed by atoms with Crippen LogP contribution >= 0.6 is 0 Å². The maximum absolute atomic E-state index is 14.3. The first-order chi connectivity index (χ1) is 17.7. The summed E-state index contributed by atoms with van der Waals surface area (Å²) in [5, 5.41) is 12.2. The molecule has 9 nitrogen and oxygen atoms in total. The number of fused-ring (bicyclic) bond motifs is 5. The average molecular weight is 527 g/mol. The van der Waals surface area contributed by atoms with Crippen LogP contribution in [0.1, 0.15) is 72.0 Å². The van der Waals surface area contributed by atoms with Gasteiger partial charge < -0.3 is 23.7 Å². The fraction of sp³-hybridized carbons (Fsp3) is 0.586. The van der Waals surface area contributed by atoms with Crippen molar-refractivity contribution in [2.24, 2.45) is 22.2 Å². The molecule has 0 aromatic carbocycles. The van der Waals surface area contributed by atoms with Crippen LogP contribution < -0.4 is 0 Å². The van der Waals surface area contributed by atoms with Gasteiger partial charge in [-0.05, 0) is 42.9 Å². The van der Waals surface area contributed by atoms with E-state index >= 15 is 0 Å². The van der Waals surface area contributed by atoms with Crippen molar-refractivity contribution in [3.63, 3.8) is 0 Å². The molecule has 0 amide bonds. The first-order valence-corrected chi connectivity index (χ1v) is 12.9. The molecule has 1 fully saturated rings. The van der Waals surface area contributed by atoms with Crippen LogP contribution in [0.4, 0.5) is 0 Å². The van der Waals surface area contributed by atoms with Crippen LogP contribution in [0, 0.1) is 22.2 Å². The number of methoxy groups -OCH3 is 1. The van der Waals surface area contributed by atoms with E-state index < -0.39 is 63.7 Å². The van der Waals surface area contributed by atoms with E-state index in [2.05, 4.69) is 0 Å². The molecular weight excluding hydrogens is 492 g/mol. The molecule has 38 heavy (non-hydrogen) atoms. The predicted octanol–water partition coefficient (Wildman–Crippen LogP) is 3.76. The Balaban J connectivity index is 1.75. The molecule has 1 aromatic rings. The zero-order valence-corrected chi connectivity index (χ0v) is 22.6. The zero-order valence-electron chi connectivity index (χ0n) is 22.6. The molecule has 1 N–H and O–H groups in total. The van der Waals surface area contributed by atoms with E-state index in [1.165, 1.54) is 26.4 Å². The minimum absolute atomic E-state index is 0.105. The summed E-state index contributed by atoms with van der Waals surface area (Å²) in [6.07, 6.45) is 3.54. The van der Waals surface area contributed by atoms with E-state index in [9.17, 15) is 24.3 Å². The lowest BCUT2D eigenvalue weighted by atomic mass is 9.41. The summed E-state index contributed by atoms with van der Waals surface area (Å²) in [7, 11) is 1.29. The van der Waals surface area contributed by atoms with Gasteiger partial charge in [0.25, 0.3) is 0 Å². The van der Waals surface area contributed by atoms with Crippen LogP contribution in [0.2, 0.25) is 0 Å². The fourth-order valence-corrected chi connectivity index (χ4v) is 7.93. The van der Waals surface area contributed by atoms with Gasteiger partial charge in [-0.1, -0.05) is 26.3 Å². The summed E-state index contributed by atoms with van der Waals surface area (Å²) in [6, 6.07) is 1.76. The van der Waals surface area contributed by atoms with Crippen molar-refractivity contribution in [1.29, 1.82) is 0 Å². The average Bonchev–Trinajstić information content (AvgIpc) is 3.38. The monoisotopic (exact) mass is 526 g/mol. The summed E-state index contributed by atoms with van der Waals surface area (Å²) in [5.41, 5.74) is -2.02. The highest BCUT2D eigenvalue weighted by molar-refractivity contribution is 6.00. The van der Waals surface area contributed by atoms with Crippen LogP contribution in [0.15, 0.2) is 45.8 Å². The lowest BCUT2D eigenvalue weighted by Crippen LogP contribution is -2.73. The topological polar surface area (TPSA) is 129 Å². The minimum atomic E-state index is -2.05. The maximum Gasteiger partial charge on any atom is 0.331 e. The summed E-state index contributed by atoms with van der Waals surface area (Å²) in [4.78, 5) is 52.0. The highest BCUT2D eigenvalue weighted by Crippen LogP contribution is 2.67. The Morgan fingerprint density at radius 3 is 2.50 bits per heavy atom. The first-order valence-electron chi connectivity index (χ1n) is 12.9. The van der Waals surface area contributed by atoms with Crippen molar-refractivity contribution >= 4 is 23.7 Å². The zero-order chi connectivity index (χ0) is 27.8. The second-order valence-corrected chi connectivity index (χ2v) is 12.1. The number of cyclic esters (lactones) is 1. The van der Waals surface area contributed by atoms with E-state index in [0.29, 0.717) is 24.0 Å². The lowest BCUT2D eigenvalue weighted by Gasteiger charge is -2.63. The van der Waals surface area contributed by atoms with Gasteiger partial charge in [0.05, 0.1) is 31.5 Å². The number of carbonyl (C=O) groups excluding carboxylic acids is 4. The Kier molecular flexibility index (Phi) is 5.84. The molecule has 0 radical (unpaired) electrons. The molecule has 2 bridgehead atoms. The van der Waals surface area contributed by atoms with Gasteiger partial charge in [-0.15, -0.1) is 0 Å². The van der Waals surface area contributed by atoms with E-state index in [-0.39, 0.29) is 12.8 Å². The van der Waals surface area contributed by atoms with Crippen molar-refractivity contribution in [1.82, 2.24) is 0 Å². The van der Waals surface area contributed by atoms with Crippen molar-refractivity contribution in [3.8, 4) is 0 Å². The lowest BCUT2D eigenvalue weighted by molar-refractivity contribution is -0.221. The highest BCUT2D eigenvalue weighted by Gasteiger charge is 2.72. The van der Waals surface area contributed by atoms with Gasteiger partial charge in [0.2, 0.25) is 0 Å². The Labute approximate surface area is 221 Å². The molecule has 0 spiro atoms. The molecule has 204 valence electrons. The van der Waals surface area contributed by atoms with Crippen molar-refractivity contribution < 1.29 is 42.9 Å². The Hall–Kier alpha value is -3.20. The second-order valence-electron chi connectivity index (χ2n) is 12.1. The van der Waals surface area contributed by atoms with Crippen molar-refractivity contribution in [2.45, 2.75) is 78.1 Å². The van der Waals surface area contributed by atoms with Gasteiger partial charge in [-0.2, -0.15) is 0 Å². The predicted molar refractivity (Wildman–Crippen MR) is 132 cm³/mol. The van der Waals surface area contributed by atoms with E-state index in [0.717, 1.165) is 11.1 Å². The third-order valence-corrected chi connectivity index (χ3v) is 9.64. The number of hydrogen-bond acceptors (Lipinski definition) is 9. The molecule has 9 heteroatoms. The minimum Gasteiger partial charge on any atom is -0.472 e. The number of allylic oxidation sites excluding steroid dienone is 1. The summed E-state index contributed by atoms with van der Waals surface area (Å²) in [6.45, 7) is 8.63. The Bertz CT molecular complexity index is 1280. The van der Waals surface area contributed by atoms with E-state index in [1.807, 2.05) is 20.8 Å². The molecule has 6 unspecified atom stereocenters. The molecule has 5 rings (SSSR count). The number of furan rings is 1. The Morgan fingerprint density at radius 1 is 1.18 bits per heavy atom. The standard InChI is InChI=1S/C29H34O9/c1-15(30)37-25-26(2,3)20(12-21(31)35-6)28(5)18-7-9-27(4)19(17(18)13-29(25,34)24(28)33)11-22(32)38-23(27)16-8-10-36-14-16/h8,10-11,14,20,23,25,34H,7,9,12-13H2,1-6H3. The van der Waals surface area contributed by atoms with Crippen LogP contribution in [0.5, 0.6) is 0 Å². The summed E-state index contributed by atoms with van der Waals surface area (Å²) in [5.74, 6) is -2.79. The number of Topliss-reactive ketones (excluding diaryl/α,β-unsaturated/α-hetero) is 1. The molecule has 6 atom stereocenters. The Morgan fingerprint density at radius 2 is 1.89 bits per heavy atom. The van der Waals surface area contributed by atoms with Crippen LogP contribution in [0.3, 0.4) is 0 Å². The van der Waals surface area contributed by atoms with Gasteiger partial charge in [0.1, 0.15) is 12.2 Å². The number of carbonyl (C=O) groups is 4. The van der Waals surface area contributed by atoms with Gasteiger partial charge >= 0.3 is 17.9 Å². The number of rotatable bonds is 4. The molecule has 3 aliphatic carbocycles. The molecule has 0 saturated heterocycles. The highest BCUT2D eigenvalue weighted by atomic mass is 16.6. The molecule has 2 heterocycles. The summed E-state index contributed by atoms with van der Waals surface area (Å²) >= 11 is 0. The number of ketones is 1. The van der Waals surface area contributed by atoms with E-state index in [4.69, 9.17) is 18.6 Å². The number of hydrogen-bond donors (Lipinski definition) is 1. The number of ether oxygens (including phenoxy) is 3. The molecule has 1 aromatic heterocycles. The second kappa shape index (κ2) is 8.40. The largest absolute Gasteiger partial charge is 0.472 e. The first kappa shape index (κ1) is 26.4. The smallest absolute Gasteiger partial charge is 0.331 e. The summed E-state index contributed by atoms with van der Waals surface area (Å²) < 4.78 is 21.7. The molecule has 1 aliphatic heterocycles. The van der Waals surface area contributed by atoms with Crippen LogP contribution in [0.25, 0.3) is 0 Å². The van der Waals surface area contributed by atoms with Crippen LogP contribution in [-0.4, -0.2) is 47.6 Å². The maximum atomic E-state index is 14.3. The third-order valence-electron chi connectivity index (χ3n) is 9.64. The van der Waals surface area contributed by atoms with Gasteiger partial charge in [0, 0.05) is 35.8 Å². The quantitative estimate of drug-likeness (QED) is 0.460. The van der Waals surface area contributed by atoms with Crippen molar-refractivity contribution in [2.75, 3.05) is 7.11 Å². The molecule has 1 saturated carbocycles. The fourth-order valence-electron chi connectivity index (χ4n) is 7.93. The van der Waals surface area contributed by atoms with Crippen molar-refractivity contribution in [3.05, 3.63) is 47.0 Å². The van der Waals surface area contributed by atoms with Gasteiger partial charge in [0.15, 0.2) is 11.4 Å². The van der Waals surface area contributed by atoms with Gasteiger partial charge in [-0.3, -0.25) is 14.4 Å².